The van der Waals surface area contributed by atoms with E-state index >= 15 is 0 Å². The fraction of sp³-hybridized carbons (Fsp3) is 0.391. The van der Waals surface area contributed by atoms with Crippen molar-refractivity contribution in [2.75, 3.05) is 0 Å². The van der Waals surface area contributed by atoms with Crippen molar-refractivity contribution in [3.8, 4) is 11.1 Å². The molecule has 1 unspecified atom stereocenters. The van der Waals surface area contributed by atoms with E-state index in [-0.39, 0.29) is 18.2 Å². The first-order valence-corrected chi connectivity index (χ1v) is 9.98. The van der Waals surface area contributed by atoms with E-state index in [0.717, 1.165) is 42.4 Å². The Balaban J connectivity index is 1.64. The fourth-order valence-corrected chi connectivity index (χ4v) is 4.31. The van der Waals surface area contributed by atoms with Gasteiger partial charge in [0.05, 0.1) is 23.1 Å². The maximum atomic E-state index is 13.0. The molecule has 2 atom stereocenters. The average Bonchev–Trinajstić information content (AvgIpc) is 3.10. The van der Waals surface area contributed by atoms with Gasteiger partial charge in [-0.3, -0.25) is 9.78 Å². The zero-order chi connectivity index (χ0) is 20.6. The molecule has 4 rings (SSSR count). The molecule has 0 spiro atoms. The lowest BCUT2D eigenvalue weighted by atomic mass is 9.78. The van der Waals surface area contributed by atoms with E-state index in [0.29, 0.717) is 17.0 Å². The Bertz CT molecular complexity index is 1040. The average molecular weight is 400 g/mol. The topological polar surface area (TPSA) is 34.9 Å². The van der Waals surface area contributed by atoms with Gasteiger partial charge in [0.2, 0.25) is 0 Å². The first-order valence-electron chi connectivity index (χ1n) is 9.98. The van der Waals surface area contributed by atoms with Gasteiger partial charge in [0.1, 0.15) is 0 Å². The quantitative estimate of drug-likeness (QED) is 0.529. The summed E-state index contributed by atoms with van der Waals surface area (Å²) in [6.45, 7) is 2.41. The van der Waals surface area contributed by atoms with Crippen molar-refractivity contribution in [2.45, 2.75) is 45.3 Å². The highest BCUT2D eigenvalue weighted by Crippen LogP contribution is 2.33. The van der Waals surface area contributed by atoms with Crippen molar-refractivity contribution >= 4 is 16.8 Å². The molecular formula is C23H23F3N2O. The lowest BCUT2D eigenvalue weighted by Gasteiger charge is -2.27. The second-order valence-electron chi connectivity index (χ2n) is 7.99. The maximum Gasteiger partial charge on any atom is 0.416 e. The van der Waals surface area contributed by atoms with Gasteiger partial charge in [-0.25, -0.2) is 0 Å². The summed E-state index contributed by atoms with van der Waals surface area (Å²) < 4.78 is 41.0. The molecule has 0 aliphatic heterocycles. The van der Waals surface area contributed by atoms with E-state index in [4.69, 9.17) is 0 Å². The Hall–Kier alpha value is -2.63. The number of halogens is 3. The number of rotatable bonds is 4. The molecule has 2 aromatic heterocycles. The number of Topliss-reactive ketones (excluding diaryl/α,β-unsaturated/α-hetero) is 1. The normalized spacial score (nSPS) is 20.1. The number of pyridine rings is 1. The number of fused-ring (bicyclic) bond motifs is 1. The lowest BCUT2D eigenvalue weighted by Crippen LogP contribution is -2.28. The van der Waals surface area contributed by atoms with Crippen LogP contribution < -0.4 is 0 Å². The molecule has 0 bridgehead atoms. The molecule has 1 saturated carbocycles. The maximum absolute atomic E-state index is 13.0. The third-order valence-corrected chi connectivity index (χ3v) is 5.99. The van der Waals surface area contributed by atoms with E-state index in [2.05, 4.69) is 11.9 Å². The summed E-state index contributed by atoms with van der Waals surface area (Å²) in [6.07, 6.45) is 3.32. The van der Waals surface area contributed by atoms with Crippen molar-refractivity contribution in [3.05, 3.63) is 54.4 Å². The summed E-state index contributed by atoms with van der Waals surface area (Å²) in [6, 6.07) is 8.88. The summed E-state index contributed by atoms with van der Waals surface area (Å²) in [5.74, 6) is 0.705. The van der Waals surface area contributed by atoms with Crippen LogP contribution in [0.15, 0.2) is 48.8 Å². The Morgan fingerprint density at radius 1 is 1.14 bits per heavy atom. The first kappa shape index (κ1) is 19.7. The number of carbonyl (C=O) groups excluding carboxylic acids is 1. The molecule has 1 aliphatic carbocycles. The molecule has 152 valence electrons. The van der Waals surface area contributed by atoms with Crippen LogP contribution in [0.3, 0.4) is 0 Å². The molecule has 0 saturated heterocycles. The second-order valence-corrected chi connectivity index (χ2v) is 7.99. The molecule has 1 aromatic carbocycles. The van der Waals surface area contributed by atoms with Crippen LogP contribution in [0.4, 0.5) is 13.2 Å². The summed E-state index contributed by atoms with van der Waals surface area (Å²) in [5, 5.41) is 0. The number of benzene rings is 1. The Morgan fingerprint density at radius 2 is 1.93 bits per heavy atom. The predicted molar refractivity (Wildman–Crippen MR) is 106 cm³/mol. The van der Waals surface area contributed by atoms with E-state index in [1.165, 1.54) is 12.5 Å². The number of carbonyl (C=O) groups is 1. The molecule has 2 heterocycles. The summed E-state index contributed by atoms with van der Waals surface area (Å²) in [7, 11) is 0. The van der Waals surface area contributed by atoms with Crippen molar-refractivity contribution in [1.29, 1.82) is 0 Å². The van der Waals surface area contributed by atoms with Crippen molar-refractivity contribution in [2.24, 2.45) is 11.8 Å². The number of hydrogen-bond acceptors (Lipinski definition) is 2. The van der Waals surface area contributed by atoms with Gasteiger partial charge in [-0.05, 0) is 42.2 Å². The number of nitrogens with zero attached hydrogens (tertiary/aromatic N) is 2. The third kappa shape index (κ3) is 4.07. The Labute approximate surface area is 167 Å². The van der Waals surface area contributed by atoms with Crippen molar-refractivity contribution in [3.63, 3.8) is 0 Å². The van der Waals surface area contributed by atoms with Gasteiger partial charge in [0.15, 0.2) is 5.78 Å². The summed E-state index contributed by atoms with van der Waals surface area (Å²) in [4.78, 5) is 17.3. The van der Waals surface area contributed by atoms with Crippen LogP contribution in [0.2, 0.25) is 0 Å². The molecule has 0 N–H and O–H groups in total. The summed E-state index contributed by atoms with van der Waals surface area (Å²) in [5.41, 5.74) is 1.85. The van der Waals surface area contributed by atoms with Crippen LogP contribution in [0.25, 0.3) is 22.2 Å². The van der Waals surface area contributed by atoms with E-state index in [1.54, 1.807) is 12.3 Å². The van der Waals surface area contributed by atoms with Crippen LogP contribution in [0.5, 0.6) is 0 Å². The highest BCUT2D eigenvalue weighted by Gasteiger charge is 2.30. The molecule has 3 nitrogen and oxygen atoms in total. The predicted octanol–water partition coefficient (Wildman–Crippen LogP) is 6.12. The lowest BCUT2D eigenvalue weighted by molar-refractivity contribution is -0.137. The van der Waals surface area contributed by atoms with E-state index in [9.17, 15) is 18.0 Å². The van der Waals surface area contributed by atoms with Crippen LogP contribution in [-0.4, -0.2) is 15.3 Å². The van der Waals surface area contributed by atoms with Gasteiger partial charge in [0.25, 0.3) is 0 Å². The van der Waals surface area contributed by atoms with Gasteiger partial charge < -0.3 is 4.57 Å². The molecule has 29 heavy (non-hydrogen) atoms. The van der Waals surface area contributed by atoms with Crippen LogP contribution in [-0.2, 0) is 17.5 Å². The van der Waals surface area contributed by atoms with Crippen LogP contribution >= 0.6 is 0 Å². The smallest absolute Gasteiger partial charge is 0.339 e. The SMILES string of the molecule is C[C@H]1CCCCC1C(=O)Cn1ccc2ncc(-c3cccc(C(F)(F)F)c3)cc21. The highest BCUT2D eigenvalue weighted by atomic mass is 19.4. The molecule has 0 amide bonds. The Morgan fingerprint density at radius 3 is 2.69 bits per heavy atom. The number of hydrogen-bond donors (Lipinski definition) is 0. The molecule has 6 heteroatoms. The van der Waals surface area contributed by atoms with Gasteiger partial charge >= 0.3 is 6.18 Å². The molecular weight excluding hydrogens is 377 g/mol. The van der Waals surface area contributed by atoms with E-state index in [1.807, 2.05) is 22.9 Å². The van der Waals surface area contributed by atoms with E-state index < -0.39 is 11.7 Å². The highest BCUT2D eigenvalue weighted by molar-refractivity contribution is 5.86. The third-order valence-electron chi connectivity index (χ3n) is 5.99. The fourth-order valence-electron chi connectivity index (χ4n) is 4.31. The van der Waals surface area contributed by atoms with Crippen molar-refractivity contribution < 1.29 is 18.0 Å². The summed E-state index contributed by atoms with van der Waals surface area (Å²) >= 11 is 0. The molecule has 0 radical (unpaired) electrons. The molecule has 3 aromatic rings. The van der Waals surface area contributed by atoms with Gasteiger partial charge in [-0.1, -0.05) is 38.3 Å². The standard InChI is InChI=1S/C23H23F3N2O/c1-15-5-2-3-8-19(15)22(29)14-28-10-9-20-21(28)12-17(13-27-20)16-6-4-7-18(11-16)23(24,25)26/h4,6-7,9-13,15,19H,2-3,5,8,14H2,1H3/t15-,19?/m0/s1. The minimum Gasteiger partial charge on any atom is -0.339 e. The minimum atomic E-state index is -4.39. The zero-order valence-electron chi connectivity index (χ0n) is 16.2. The van der Waals surface area contributed by atoms with Crippen LogP contribution in [0.1, 0.15) is 38.2 Å². The van der Waals surface area contributed by atoms with Crippen molar-refractivity contribution in [1.82, 2.24) is 9.55 Å². The molecule has 1 fully saturated rings. The van der Waals surface area contributed by atoms with Crippen LogP contribution in [0, 0.1) is 11.8 Å². The number of alkyl halides is 3. The van der Waals surface area contributed by atoms with Gasteiger partial charge in [0, 0.05) is 23.9 Å². The monoisotopic (exact) mass is 400 g/mol. The largest absolute Gasteiger partial charge is 0.416 e. The molecule has 1 aliphatic rings. The number of ketones is 1. The minimum absolute atomic E-state index is 0.0841. The van der Waals surface area contributed by atoms with Gasteiger partial charge in [-0.2, -0.15) is 13.2 Å². The first-order chi connectivity index (χ1) is 13.8. The van der Waals surface area contributed by atoms with Gasteiger partial charge in [-0.15, -0.1) is 0 Å². The zero-order valence-corrected chi connectivity index (χ0v) is 16.2. The number of aromatic nitrogens is 2. The Kier molecular flexibility index (Phi) is 5.19. The second kappa shape index (κ2) is 7.65.